The van der Waals surface area contributed by atoms with E-state index in [0.29, 0.717) is 0 Å². The third-order valence-corrected chi connectivity index (χ3v) is 3.58. The summed E-state index contributed by atoms with van der Waals surface area (Å²) >= 11 is 1.74. The van der Waals surface area contributed by atoms with Gasteiger partial charge in [-0.3, -0.25) is 0 Å². The Kier molecular flexibility index (Phi) is 3.39. The largest absolute Gasteiger partial charge is 0.490 e. The SMILES string of the molecule is C=C(CSC)B1OC(C)(C)C(C)(C)O1. The highest BCUT2D eigenvalue weighted by Crippen LogP contribution is 2.38. The lowest BCUT2D eigenvalue weighted by Crippen LogP contribution is -2.41. The minimum atomic E-state index is -0.251. The molecule has 0 spiro atoms. The molecule has 14 heavy (non-hydrogen) atoms. The zero-order valence-electron chi connectivity index (χ0n) is 9.72. The lowest BCUT2D eigenvalue weighted by atomic mass is 9.81. The van der Waals surface area contributed by atoms with Gasteiger partial charge in [0.15, 0.2) is 0 Å². The minimum absolute atomic E-state index is 0.243. The van der Waals surface area contributed by atoms with E-state index < -0.39 is 0 Å². The first kappa shape index (κ1) is 12.1. The van der Waals surface area contributed by atoms with Gasteiger partial charge in [0, 0.05) is 5.75 Å². The fraction of sp³-hybridized carbons (Fsp3) is 0.800. The monoisotopic (exact) mass is 214 g/mol. The molecule has 80 valence electrons. The molecule has 2 nitrogen and oxygen atoms in total. The van der Waals surface area contributed by atoms with E-state index in [-0.39, 0.29) is 18.3 Å². The lowest BCUT2D eigenvalue weighted by Gasteiger charge is -2.32. The Bertz CT molecular complexity index is 222. The van der Waals surface area contributed by atoms with Gasteiger partial charge in [0.05, 0.1) is 11.2 Å². The van der Waals surface area contributed by atoms with Gasteiger partial charge >= 0.3 is 7.12 Å². The van der Waals surface area contributed by atoms with Crippen LogP contribution in [0.3, 0.4) is 0 Å². The van der Waals surface area contributed by atoms with Crippen molar-refractivity contribution in [1.82, 2.24) is 0 Å². The predicted molar refractivity (Wildman–Crippen MR) is 63.6 cm³/mol. The molecule has 1 aliphatic heterocycles. The van der Waals surface area contributed by atoms with E-state index in [0.717, 1.165) is 11.2 Å². The number of hydrogen-bond acceptors (Lipinski definition) is 3. The Morgan fingerprint density at radius 1 is 1.21 bits per heavy atom. The molecule has 0 atom stereocenters. The average molecular weight is 214 g/mol. The maximum atomic E-state index is 5.84. The summed E-state index contributed by atoms with van der Waals surface area (Å²) in [5.41, 5.74) is 0.508. The summed E-state index contributed by atoms with van der Waals surface area (Å²) in [6, 6.07) is 0. The summed E-state index contributed by atoms with van der Waals surface area (Å²) in [4.78, 5) is 0. The van der Waals surface area contributed by atoms with Crippen molar-refractivity contribution in [3.8, 4) is 0 Å². The Hall–Kier alpha value is 0.0749. The summed E-state index contributed by atoms with van der Waals surface area (Å²) < 4.78 is 11.7. The molecule has 0 aromatic heterocycles. The average Bonchev–Trinajstić information content (AvgIpc) is 2.22. The quantitative estimate of drug-likeness (QED) is 0.672. The fourth-order valence-corrected chi connectivity index (χ4v) is 1.77. The third-order valence-electron chi connectivity index (χ3n) is 2.92. The van der Waals surface area contributed by atoms with Crippen LogP contribution in [0, 0.1) is 0 Å². The van der Waals surface area contributed by atoms with Gasteiger partial charge in [-0.15, -0.1) is 6.58 Å². The molecule has 0 aliphatic carbocycles. The predicted octanol–water partition coefficient (Wildman–Crippen LogP) is 2.54. The molecule has 0 N–H and O–H groups in total. The maximum Gasteiger partial charge on any atom is 0.490 e. The third kappa shape index (κ3) is 2.18. The summed E-state index contributed by atoms with van der Waals surface area (Å²) in [5.74, 6) is 0.886. The van der Waals surface area contributed by atoms with Crippen molar-refractivity contribution in [2.75, 3.05) is 12.0 Å². The first-order chi connectivity index (χ1) is 6.30. The van der Waals surface area contributed by atoms with Gasteiger partial charge in [0.25, 0.3) is 0 Å². The molecular weight excluding hydrogens is 195 g/mol. The summed E-state index contributed by atoms with van der Waals surface area (Å²) in [6.45, 7) is 12.2. The molecule has 0 aromatic rings. The van der Waals surface area contributed by atoms with Crippen molar-refractivity contribution in [3.05, 3.63) is 12.1 Å². The van der Waals surface area contributed by atoms with E-state index in [4.69, 9.17) is 9.31 Å². The Balaban J connectivity index is 2.68. The van der Waals surface area contributed by atoms with Gasteiger partial charge in [-0.2, -0.15) is 11.8 Å². The van der Waals surface area contributed by atoms with Crippen LogP contribution in [-0.4, -0.2) is 30.3 Å². The van der Waals surface area contributed by atoms with Crippen LogP contribution in [0.5, 0.6) is 0 Å². The molecule has 1 fully saturated rings. The number of hydrogen-bond donors (Lipinski definition) is 0. The second-order valence-electron chi connectivity index (χ2n) is 4.68. The number of thioether (sulfide) groups is 1. The van der Waals surface area contributed by atoms with Crippen molar-refractivity contribution in [2.45, 2.75) is 38.9 Å². The van der Waals surface area contributed by atoms with Gasteiger partial charge in [-0.05, 0) is 39.4 Å². The highest BCUT2D eigenvalue weighted by Gasteiger charge is 2.51. The highest BCUT2D eigenvalue weighted by molar-refractivity contribution is 7.98. The molecule has 1 rings (SSSR count). The Morgan fingerprint density at radius 2 is 1.64 bits per heavy atom. The zero-order valence-corrected chi connectivity index (χ0v) is 10.5. The molecule has 4 heteroatoms. The van der Waals surface area contributed by atoms with Gasteiger partial charge < -0.3 is 9.31 Å². The van der Waals surface area contributed by atoms with Crippen LogP contribution >= 0.6 is 11.8 Å². The van der Waals surface area contributed by atoms with Crippen molar-refractivity contribution in [3.63, 3.8) is 0 Å². The van der Waals surface area contributed by atoms with E-state index in [1.54, 1.807) is 11.8 Å². The summed E-state index contributed by atoms with van der Waals surface area (Å²) in [7, 11) is -0.243. The fourth-order valence-electron chi connectivity index (χ4n) is 1.26. The van der Waals surface area contributed by atoms with Gasteiger partial charge in [-0.1, -0.05) is 0 Å². The number of rotatable bonds is 3. The van der Waals surface area contributed by atoms with Crippen LogP contribution in [-0.2, 0) is 9.31 Å². The molecule has 0 aromatic carbocycles. The molecule has 0 amide bonds. The van der Waals surface area contributed by atoms with E-state index in [9.17, 15) is 0 Å². The minimum Gasteiger partial charge on any atom is -0.400 e. The van der Waals surface area contributed by atoms with Crippen LogP contribution in [0.4, 0.5) is 0 Å². The van der Waals surface area contributed by atoms with Crippen molar-refractivity contribution in [1.29, 1.82) is 0 Å². The van der Waals surface area contributed by atoms with E-state index in [1.807, 2.05) is 0 Å². The van der Waals surface area contributed by atoms with Crippen LogP contribution < -0.4 is 0 Å². The van der Waals surface area contributed by atoms with Crippen molar-refractivity contribution in [2.24, 2.45) is 0 Å². The van der Waals surface area contributed by atoms with E-state index in [1.165, 1.54) is 0 Å². The molecule has 0 radical (unpaired) electrons. The zero-order chi connectivity index (χ0) is 11.0. The van der Waals surface area contributed by atoms with Gasteiger partial charge in [0.1, 0.15) is 0 Å². The van der Waals surface area contributed by atoms with E-state index in [2.05, 4.69) is 40.5 Å². The standard InChI is InChI=1S/C10H19BO2S/c1-8(7-14-6)11-12-9(2,3)10(4,5)13-11/h1,7H2,2-6H3. The smallest absolute Gasteiger partial charge is 0.400 e. The summed E-state index contributed by atoms with van der Waals surface area (Å²) in [6.07, 6.45) is 2.05. The Morgan fingerprint density at radius 3 is 2.00 bits per heavy atom. The highest BCUT2D eigenvalue weighted by atomic mass is 32.2. The van der Waals surface area contributed by atoms with Crippen molar-refractivity contribution >= 4 is 18.9 Å². The first-order valence-corrected chi connectivity index (χ1v) is 6.22. The van der Waals surface area contributed by atoms with Gasteiger partial charge in [0.2, 0.25) is 0 Å². The van der Waals surface area contributed by atoms with Crippen LogP contribution in [0.25, 0.3) is 0 Å². The summed E-state index contributed by atoms with van der Waals surface area (Å²) in [5, 5.41) is 0. The maximum absolute atomic E-state index is 5.84. The molecule has 0 bridgehead atoms. The van der Waals surface area contributed by atoms with E-state index >= 15 is 0 Å². The molecule has 1 aliphatic rings. The topological polar surface area (TPSA) is 18.5 Å². The van der Waals surface area contributed by atoms with Crippen LogP contribution in [0.1, 0.15) is 27.7 Å². The van der Waals surface area contributed by atoms with Crippen LogP contribution in [0.15, 0.2) is 12.1 Å². The van der Waals surface area contributed by atoms with Gasteiger partial charge in [-0.25, -0.2) is 0 Å². The molecular formula is C10H19BO2S. The second kappa shape index (κ2) is 3.91. The first-order valence-electron chi connectivity index (χ1n) is 4.82. The second-order valence-corrected chi connectivity index (χ2v) is 5.55. The molecule has 1 heterocycles. The molecule has 0 saturated carbocycles. The molecule has 0 unspecified atom stereocenters. The normalized spacial score (nSPS) is 23.9. The van der Waals surface area contributed by atoms with Crippen LogP contribution in [0.2, 0.25) is 0 Å². The lowest BCUT2D eigenvalue weighted by molar-refractivity contribution is 0.00578. The molecule has 1 saturated heterocycles. The van der Waals surface area contributed by atoms with Crippen molar-refractivity contribution < 1.29 is 9.31 Å². The Labute approximate surface area is 91.6 Å².